The van der Waals surface area contributed by atoms with Gasteiger partial charge in [0.1, 0.15) is 19.8 Å². The van der Waals surface area contributed by atoms with E-state index in [1.165, 1.54) is 174 Å². The Hall–Kier alpha value is -0.990. The van der Waals surface area contributed by atoms with Crippen molar-refractivity contribution in [3.05, 3.63) is 0 Å². The first kappa shape index (κ1) is 51.0. The molecule has 0 aromatic rings. The molecule has 310 valence electrons. The molecule has 0 radical (unpaired) electrons. The van der Waals surface area contributed by atoms with Gasteiger partial charge in [-0.15, -0.1) is 0 Å². The Morgan fingerprint density at radius 2 is 0.904 bits per heavy atom. The lowest BCUT2D eigenvalue weighted by atomic mass is 10.0. The van der Waals surface area contributed by atoms with Crippen molar-refractivity contribution in [2.24, 2.45) is 0 Å². The molecule has 10 heteroatoms. The number of quaternary nitrogens is 1. The fourth-order valence-corrected chi connectivity index (χ4v) is 7.09. The number of hydrogen-bond donors (Lipinski definition) is 0. The minimum Gasteiger partial charge on any atom is -0.756 e. The molecule has 1 unspecified atom stereocenters. The third kappa shape index (κ3) is 40.2. The van der Waals surface area contributed by atoms with Gasteiger partial charge >= 0.3 is 11.9 Å². The van der Waals surface area contributed by atoms with Gasteiger partial charge in [0.2, 0.25) is 0 Å². The number of rotatable bonds is 40. The maximum absolute atomic E-state index is 12.2. The Bertz CT molecular complexity index is 865. The van der Waals surface area contributed by atoms with Gasteiger partial charge in [0, 0.05) is 13.3 Å². The third-order valence-corrected chi connectivity index (χ3v) is 10.6. The minimum atomic E-state index is -4.57. The number of likely N-dealkylation sites (N-methyl/N-ethyl adjacent to an activating group) is 1. The van der Waals surface area contributed by atoms with Crippen molar-refractivity contribution in [3.63, 3.8) is 0 Å². The van der Waals surface area contributed by atoms with Crippen LogP contribution in [-0.4, -0.2) is 70.0 Å². The second-order valence-electron chi connectivity index (χ2n) is 16.2. The number of carbonyl (C=O) groups excluding carboxylic acids is 2. The van der Waals surface area contributed by atoms with Gasteiger partial charge in [-0.05, 0) is 6.42 Å². The van der Waals surface area contributed by atoms with E-state index in [-0.39, 0.29) is 19.6 Å². The predicted molar refractivity (Wildman–Crippen MR) is 213 cm³/mol. The molecule has 0 aliphatic carbocycles. The van der Waals surface area contributed by atoms with Crippen LogP contribution in [0.3, 0.4) is 0 Å². The number of phosphoric ester groups is 1. The van der Waals surface area contributed by atoms with Crippen molar-refractivity contribution in [2.45, 2.75) is 213 Å². The predicted octanol–water partition coefficient (Wildman–Crippen LogP) is 11.4. The molecule has 9 nitrogen and oxygen atoms in total. The fraction of sp³-hybridized carbons (Fsp3) is 0.952. The fourth-order valence-electron chi connectivity index (χ4n) is 6.36. The van der Waals surface area contributed by atoms with Crippen LogP contribution < -0.4 is 4.89 Å². The average molecular weight is 762 g/mol. The van der Waals surface area contributed by atoms with E-state index < -0.39 is 32.5 Å². The van der Waals surface area contributed by atoms with Crippen molar-refractivity contribution >= 4 is 19.8 Å². The van der Waals surface area contributed by atoms with Gasteiger partial charge in [0.15, 0.2) is 6.10 Å². The highest BCUT2D eigenvalue weighted by Gasteiger charge is 2.20. The largest absolute Gasteiger partial charge is 0.756 e. The summed E-state index contributed by atoms with van der Waals surface area (Å²) < 4.78 is 32.6. The van der Waals surface area contributed by atoms with Gasteiger partial charge in [-0.2, -0.15) is 0 Å². The zero-order chi connectivity index (χ0) is 38.6. The topological polar surface area (TPSA) is 111 Å². The Kier molecular flexibility index (Phi) is 35.0. The van der Waals surface area contributed by atoms with Crippen molar-refractivity contribution in [2.75, 3.05) is 47.5 Å². The average Bonchev–Trinajstić information content (AvgIpc) is 3.08. The summed E-state index contributed by atoms with van der Waals surface area (Å²) in [7, 11) is 1.17. The van der Waals surface area contributed by atoms with Crippen LogP contribution in [-0.2, 0) is 32.7 Å². The Morgan fingerprint density at radius 1 is 0.558 bits per heavy atom. The van der Waals surface area contributed by atoms with Gasteiger partial charge in [0.25, 0.3) is 7.82 Å². The molecule has 0 heterocycles. The van der Waals surface area contributed by atoms with Crippen LogP contribution >= 0.6 is 7.82 Å². The normalized spacial score (nSPS) is 13.6. The van der Waals surface area contributed by atoms with Crippen molar-refractivity contribution in [3.8, 4) is 0 Å². The number of phosphoric acid groups is 1. The molecule has 0 fully saturated rings. The van der Waals surface area contributed by atoms with Crippen LogP contribution in [0.1, 0.15) is 206 Å². The van der Waals surface area contributed by atoms with E-state index in [0.717, 1.165) is 19.3 Å². The molecular formula is C42H84NO8P. The van der Waals surface area contributed by atoms with E-state index in [2.05, 4.69) is 6.92 Å². The van der Waals surface area contributed by atoms with E-state index in [1.54, 1.807) is 0 Å². The highest BCUT2D eigenvalue weighted by molar-refractivity contribution is 7.45. The lowest BCUT2D eigenvalue weighted by Crippen LogP contribution is -2.37. The van der Waals surface area contributed by atoms with E-state index in [1.807, 2.05) is 21.1 Å². The Balaban J connectivity index is 3.52. The number of hydrogen-bond acceptors (Lipinski definition) is 8. The number of ether oxygens (including phenoxy) is 2. The van der Waals surface area contributed by atoms with Gasteiger partial charge < -0.3 is 27.9 Å². The lowest BCUT2D eigenvalue weighted by Gasteiger charge is -2.28. The molecule has 0 rings (SSSR count). The lowest BCUT2D eigenvalue weighted by molar-refractivity contribution is -0.870. The Labute approximate surface area is 321 Å². The van der Waals surface area contributed by atoms with Gasteiger partial charge in [-0.1, -0.05) is 187 Å². The number of unbranched alkanes of at least 4 members (excludes halogenated alkanes) is 28. The monoisotopic (exact) mass is 762 g/mol. The molecule has 0 aromatic heterocycles. The van der Waals surface area contributed by atoms with Crippen molar-refractivity contribution in [1.82, 2.24) is 0 Å². The summed E-state index contributed by atoms with van der Waals surface area (Å²) in [6.07, 6.45) is 38.4. The zero-order valence-corrected chi connectivity index (χ0v) is 35.7. The standard InChI is InChI=1S/C42H84NO8P/c1-6-7-8-9-10-11-12-13-14-15-16-17-18-19-20-21-22-23-24-25-26-27-28-29-30-31-32-33-34-35-42(45)48-38-41(51-40(2)44)39-50-52(46,47)49-37-36-43(3,4)5/h41H,6-39H2,1-5H3/t41-/m1/s1. The smallest absolute Gasteiger partial charge is 0.305 e. The van der Waals surface area contributed by atoms with Gasteiger partial charge in [-0.25, -0.2) is 0 Å². The summed E-state index contributed by atoms with van der Waals surface area (Å²) in [5.74, 6) is -1.01. The zero-order valence-electron chi connectivity index (χ0n) is 34.8. The van der Waals surface area contributed by atoms with Gasteiger partial charge in [0.05, 0.1) is 27.7 Å². The molecule has 52 heavy (non-hydrogen) atoms. The first-order valence-electron chi connectivity index (χ1n) is 21.7. The summed E-state index contributed by atoms with van der Waals surface area (Å²) in [4.78, 5) is 35.6. The molecule has 0 amide bonds. The molecule has 0 aliphatic rings. The minimum absolute atomic E-state index is 0.0306. The third-order valence-electron chi connectivity index (χ3n) is 9.68. The number of nitrogens with zero attached hydrogens (tertiary/aromatic N) is 1. The maximum atomic E-state index is 12.2. The molecule has 0 saturated heterocycles. The van der Waals surface area contributed by atoms with Crippen LogP contribution in [0, 0.1) is 0 Å². The molecule has 0 saturated carbocycles. The molecule has 0 aliphatic heterocycles. The molecule has 0 spiro atoms. The van der Waals surface area contributed by atoms with Crippen molar-refractivity contribution in [1.29, 1.82) is 0 Å². The first-order valence-corrected chi connectivity index (χ1v) is 23.1. The van der Waals surface area contributed by atoms with E-state index in [0.29, 0.717) is 11.0 Å². The SMILES string of the molecule is CCCCCCCCCCCCCCCCCCCCCCCCCCCCCCCC(=O)OC[C@H](COP(=O)([O-])OCC[N+](C)(C)C)OC(C)=O. The summed E-state index contributed by atoms with van der Waals surface area (Å²) in [6.45, 7) is 3.19. The van der Waals surface area contributed by atoms with E-state index in [9.17, 15) is 19.0 Å². The summed E-state index contributed by atoms with van der Waals surface area (Å²) in [5, 5.41) is 0. The second kappa shape index (κ2) is 35.7. The van der Waals surface area contributed by atoms with Crippen molar-refractivity contribution < 1.29 is 42.1 Å². The van der Waals surface area contributed by atoms with Gasteiger partial charge in [-0.3, -0.25) is 14.2 Å². The maximum Gasteiger partial charge on any atom is 0.305 e. The second-order valence-corrected chi connectivity index (χ2v) is 17.6. The molecular weight excluding hydrogens is 677 g/mol. The molecule has 2 atom stereocenters. The van der Waals surface area contributed by atoms with E-state index in [4.69, 9.17) is 18.5 Å². The van der Waals surface area contributed by atoms with Crippen LogP contribution in [0.25, 0.3) is 0 Å². The highest BCUT2D eigenvalue weighted by atomic mass is 31.2. The van der Waals surface area contributed by atoms with Crippen LogP contribution in [0.15, 0.2) is 0 Å². The highest BCUT2D eigenvalue weighted by Crippen LogP contribution is 2.38. The number of esters is 2. The summed E-state index contributed by atoms with van der Waals surface area (Å²) >= 11 is 0. The summed E-state index contributed by atoms with van der Waals surface area (Å²) in [6, 6.07) is 0. The molecule has 0 N–H and O–H groups in total. The summed E-state index contributed by atoms with van der Waals surface area (Å²) in [5.41, 5.74) is 0. The quantitative estimate of drug-likeness (QED) is 0.0263. The number of carbonyl (C=O) groups is 2. The first-order chi connectivity index (χ1) is 24.9. The van der Waals surface area contributed by atoms with Crippen LogP contribution in [0.2, 0.25) is 0 Å². The van der Waals surface area contributed by atoms with Crippen LogP contribution in [0.4, 0.5) is 0 Å². The molecule has 0 bridgehead atoms. The van der Waals surface area contributed by atoms with E-state index >= 15 is 0 Å². The van der Waals surface area contributed by atoms with Crippen LogP contribution in [0.5, 0.6) is 0 Å². The Morgan fingerprint density at radius 3 is 1.23 bits per heavy atom. The molecule has 0 aromatic carbocycles.